The second-order valence-electron chi connectivity index (χ2n) is 4.32. The van der Waals surface area contributed by atoms with Gasteiger partial charge in [0.1, 0.15) is 5.69 Å². The molecule has 4 nitrogen and oxygen atoms in total. The number of pyridine rings is 1. The molecule has 2 heterocycles. The molecule has 0 bridgehead atoms. The van der Waals surface area contributed by atoms with Gasteiger partial charge in [-0.2, -0.15) is 10.4 Å². The van der Waals surface area contributed by atoms with Crippen molar-refractivity contribution in [2.75, 3.05) is 0 Å². The van der Waals surface area contributed by atoms with Crippen molar-refractivity contribution in [2.45, 2.75) is 25.7 Å². The summed E-state index contributed by atoms with van der Waals surface area (Å²) in [6, 6.07) is 8.15. The minimum Gasteiger partial charge on any atom is -0.275 e. The van der Waals surface area contributed by atoms with Crippen LogP contribution in [0.2, 0.25) is 0 Å². The van der Waals surface area contributed by atoms with Crippen LogP contribution in [0.1, 0.15) is 31.2 Å². The summed E-state index contributed by atoms with van der Waals surface area (Å²) in [5, 5.41) is 13.4. The number of rotatable bonds is 4. The SMILES string of the molecule is CCCC(C#N)c1ccc(-c2ccn(C)n2)nc1. The van der Waals surface area contributed by atoms with Gasteiger partial charge in [-0.05, 0) is 24.1 Å². The molecule has 0 amide bonds. The van der Waals surface area contributed by atoms with Crippen LogP contribution in [0.25, 0.3) is 11.4 Å². The molecule has 0 N–H and O–H groups in total. The van der Waals surface area contributed by atoms with Gasteiger partial charge in [-0.25, -0.2) is 0 Å². The molecule has 92 valence electrons. The number of nitriles is 1. The number of aryl methyl sites for hydroxylation is 1. The Hall–Kier alpha value is -2.15. The van der Waals surface area contributed by atoms with Gasteiger partial charge in [0.2, 0.25) is 0 Å². The topological polar surface area (TPSA) is 54.5 Å². The van der Waals surface area contributed by atoms with Gasteiger partial charge < -0.3 is 0 Å². The van der Waals surface area contributed by atoms with Gasteiger partial charge in [-0.15, -0.1) is 0 Å². The van der Waals surface area contributed by atoms with Crippen LogP contribution in [0.4, 0.5) is 0 Å². The predicted molar refractivity (Wildman–Crippen MR) is 69.7 cm³/mol. The van der Waals surface area contributed by atoms with E-state index in [1.807, 2.05) is 31.4 Å². The van der Waals surface area contributed by atoms with E-state index >= 15 is 0 Å². The molecule has 0 aliphatic carbocycles. The Morgan fingerprint density at radius 1 is 1.33 bits per heavy atom. The lowest BCUT2D eigenvalue weighted by molar-refractivity contribution is 0.724. The summed E-state index contributed by atoms with van der Waals surface area (Å²) in [4.78, 5) is 4.39. The van der Waals surface area contributed by atoms with Crippen LogP contribution < -0.4 is 0 Å². The second kappa shape index (κ2) is 5.46. The standard InChI is InChI=1S/C14H16N4/c1-3-4-11(9-15)12-5-6-13(16-10-12)14-7-8-18(2)17-14/h5-8,10-11H,3-4H2,1-2H3. The Balaban J connectivity index is 2.22. The first kappa shape index (κ1) is 12.3. The summed E-state index contributed by atoms with van der Waals surface area (Å²) >= 11 is 0. The lowest BCUT2D eigenvalue weighted by Crippen LogP contribution is -1.97. The van der Waals surface area contributed by atoms with Crippen LogP contribution in [0.3, 0.4) is 0 Å². The Bertz CT molecular complexity index is 548. The Kier molecular flexibility index (Phi) is 3.73. The lowest BCUT2D eigenvalue weighted by Gasteiger charge is -2.07. The highest BCUT2D eigenvalue weighted by atomic mass is 15.2. The largest absolute Gasteiger partial charge is 0.275 e. The van der Waals surface area contributed by atoms with Gasteiger partial charge in [-0.3, -0.25) is 9.67 Å². The van der Waals surface area contributed by atoms with Crippen molar-refractivity contribution < 1.29 is 0 Å². The van der Waals surface area contributed by atoms with Crippen molar-refractivity contribution in [1.82, 2.24) is 14.8 Å². The van der Waals surface area contributed by atoms with E-state index in [9.17, 15) is 0 Å². The number of hydrogen-bond acceptors (Lipinski definition) is 3. The van der Waals surface area contributed by atoms with E-state index < -0.39 is 0 Å². The van der Waals surface area contributed by atoms with Crippen molar-refractivity contribution >= 4 is 0 Å². The van der Waals surface area contributed by atoms with Crippen LogP contribution in [0.5, 0.6) is 0 Å². The highest BCUT2D eigenvalue weighted by Gasteiger charge is 2.10. The van der Waals surface area contributed by atoms with Crippen LogP contribution >= 0.6 is 0 Å². The zero-order chi connectivity index (χ0) is 13.0. The molecule has 0 saturated carbocycles. The minimum atomic E-state index is -0.0553. The molecular formula is C14H16N4. The predicted octanol–water partition coefficient (Wildman–Crippen LogP) is 2.89. The number of aromatic nitrogens is 3. The summed E-state index contributed by atoms with van der Waals surface area (Å²) in [6.07, 6.45) is 5.55. The summed E-state index contributed by atoms with van der Waals surface area (Å²) < 4.78 is 1.75. The molecule has 2 aromatic heterocycles. The molecule has 0 aromatic carbocycles. The molecule has 0 fully saturated rings. The quantitative estimate of drug-likeness (QED) is 0.825. The average molecular weight is 240 g/mol. The molecule has 4 heteroatoms. The molecule has 18 heavy (non-hydrogen) atoms. The summed E-state index contributed by atoms with van der Waals surface area (Å²) in [5.74, 6) is -0.0553. The molecule has 0 aliphatic rings. The maximum atomic E-state index is 9.11. The third kappa shape index (κ3) is 2.57. The molecule has 1 unspecified atom stereocenters. The molecular weight excluding hydrogens is 224 g/mol. The summed E-state index contributed by atoms with van der Waals surface area (Å²) in [6.45, 7) is 2.08. The van der Waals surface area contributed by atoms with E-state index in [4.69, 9.17) is 5.26 Å². The van der Waals surface area contributed by atoms with E-state index in [0.717, 1.165) is 29.8 Å². The van der Waals surface area contributed by atoms with Gasteiger partial charge in [0.05, 0.1) is 17.7 Å². The third-order valence-corrected chi connectivity index (χ3v) is 2.90. The fourth-order valence-corrected chi connectivity index (χ4v) is 1.91. The minimum absolute atomic E-state index is 0.0553. The number of hydrogen-bond donors (Lipinski definition) is 0. The molecule has 0 aliphatic heterocycles. The van der Waals surface area contributed by atoms with Crippen LogP contribution in [0.15, 0.2) is 30.6 Å². The molecule has 0 saturated heterocycles. The van der Waals surface area contributed by atoms with Crippen molar-refractivity contribution in [2.24, 2.45) is 7.05 Å². The summed E-state index contributed by atoms with van der Waals surface area (Å²) in [5.41, 5.74) is 2.68. The highest BCUT2D eigenvalue weighted by Crippen LogP contribution is 2.22. The van der Waals surface area contributed by atoms with E-state index in [0.29, 0.717) is 0 Å². The first-order valence-corrected chi connectivity index (χ1v) is 6.10. The van der Waals surface area contributed by atoms with Gasteiger partial charge >= 0.3 is 0 Å². The van der Waals surface area contributed by atoms with E-state index in [-0.39, 0.29) is 5.92 Å². The fourth-order valence-electron chi connectivity index (χ4n) is 1.91. The van der Waals surface area contributed by atoms with Gasteiger partial charge in [0, 0.05) is 19.4 Å². The van der Waals surface area contributed by atoms with Crippen LogP contribution in [-0.2, 0) is 7.05 Å². The molecule has 2 rings (SSSR count). The average Bonchev–Trinajstić information content (AvgIpc) is 2.83. The Morgan fingerprint density at radius 3 is 2.67 bits per heavy atom. The highest BCUT2D eigenvalue weighted by molar-refractivity contribution is 5.53. The van der Waals surface area contributed by atoms with E-state index in [1.54, 1.807) is 10.9 Å². The summed E-state index contributed by atoms with van der Waals surface area (Å²) in [7, 11) is 1.88. The van der Waals surface area contributed by atoms with Crippen LogP contribution in [-0.4, -0.2) is 14.8 Å². The zero-order valence-corrected chi connectivity index (χ0v) is 10.7. The maximum absolute atomic E-state index is 9.11. The first-order valence-electron chi connectivity index (χ1n) is 6.10. The van der Waals surface area contributed by atoms with E-state index in [1.165, 1.54) is 0 Å². The molecule has 2 aromatic rings. The van der Waals surface area contributed by atoms with Crippen molar-refractivity contribution in [3.05, 3.63) is 36.2 Å². The van der Waals surface area contributed by atoms with Crippen molar-refractivity contribution in [3.8, 4) is 17.5 Å². The maximum Gasteiger partial charge on any atom is 0.111 e. The normalized spacial score (nSPS) is 12.1. The van der Waals surface area contributed by atoms with Gasteiger partial charge in [-0.1, -0.05) is 19.4 Å². The Morgan fingerprint density at radius 2 is 2.17 bits per heavy atom. The Labute approximate surface area is 107 Å². The number of nitrogens with zero attached hydrogens (tertiary/aromatic N) is 4. The van der Waals surface area contributed by atoms with Crippen molar-refractivity contribution in [3.63, 3.8) is 0 Å². The van der Waals surface area contributed by atoms with E-state index in [2.05, 4.69) is 23.1 Å². The first-order chi connectivity index (χ1) is 8.74. The molecule has 1 atom stereocenters. The third-order valence-electron chi connectivity index (χ3n) is 2.90. The molecule has 0 radical (unpaired) electrons. The van der Waals surface area contributed by atoms with Crippen molar-refractivity contribution in [1.29, 1.82) is 5.26 Å². The fraction of sp³-hybridized carbons (Fsp3) is 0.357. The second-order valence-corrected chi connectivity index (χ2v) is 4.32. The smallest absolute Gasteiger partial charge is 0.111 e. The molecule has 0 spiro atoms. The van der Waals surface area contributed by atoms with Gasteiger partial charge in [0.15, 0.2) is 0 Å². The monoisotopic (exact) mass is 240 g/mol. The van der Waals surface area contributed by atoms with Gasteiger partial charge in [0.25, 0.3) is 0 Å². The zero-order valence-electron chi connectivity index (χ0n) is 10.7. The lowest BCUT2D eigenvalue weighted by atomic mass is 9.97. The van der Waals surface area contributed by atoms with Crippen LogP contribution in [0, 0.1) is 11.3 Å².